The number of aromatic nitrogens is 2. The number of pyridine rings is 1. The lowest BCUT2D eigenvalue weighted by atomic mass is 10.0. The molecule has 1 N–H and O–H groups in total. The third kappa shape index (κ3) is 3.32. The average Bonchev–Trinajstić information content (AvgIpc) is 3.27. The monoisotopic (exact) mass is 367 g/mol. The molecule has 140 valence electrons. The molecule has 0 atom stereocenters. The molecule has 0 fully saturated rings. The zero-order valence-electron chi connectivity index (χ0n) is 15.5. The number of hydrogen-bond donors (Lipinski definition) is 1. The molecule has 1 amide bonds. The summed E-state index contributed by atoms with van der Waals surface area (Å²) in [4.78, 5) is 17.3. The lowest BCUT2D eigenvalue weighted by Crippen LogP contribution is -2.26. The Bertz CT molecular complexity index is 1010. The molecule has 0 bridgehead atoms. The number of hydrogen-bond acceptors (Lipinski definition) is 6. The van der Waals surface area contributed by atoms with Crippen molar-refractivity contribution in [3.8, 4) is 11.5 Å². The highest BCUT2D eigenvalue weighted by Gasteiger charge is 2.19. The molecule has 27 heavy (non-hydrogen) atoms. The zero-order valence-corrected chi connectivity index (χ0v) is 15.5. The Morgan fingerprint density at radius 3 is 2.85 bits per heavy atom. The van der Waals surface area contributed by atoms with E-state index < -0.39 is 0 Å². The van der Waals surface area contributed by atoms with Gasteiger partial charge >= 0.3 is 0 Å². The molecule has 3 heterocycles. The highest BCUT2D eigenvalue weighted by Crippen LogP contribution is 2.32. The second-order valence-electron chi connectivity index (χ2n) is 6.89. The van der Waals surface area contributed by atoms with Gasteiger partial charge in [-0.25, -0.2) is 4.98 Å². The van der Waals surface area contributed by atoms with E-state index in [0.717, 1.165) is 22.8 Å². The van der Waals surface area contributed by atoms with Crippen LogP contribution in [0.25, 0.3) is 11.1 Å². The number of nitrogens with one attached hydrogen (secondary N) is 1. The lowest BCUT2D eigenvalue weighted by molar-refractivity contribution is 0.0955. The topological polar surface area (TPSA) is 86.5 Å². The Balaban J connectivity index is 1.50. The molecule has 1 aromatic carbocycles. The Labute approximate surface area is 156 Å². The van der Waals surface area contributed by atoms with Gasteiger partial charge in [-0.1, -0.05) is 25.1 Å². The minimum Gasteiger partial charge on any atom is -0.454 e. The van der Waals surface area contributed by atoms with Crippen molar-refractivity contribution in [2.75, 3.05) is 13.3 Å². The minimum atomic E-state index is -0.156. The molecule has 7 nitrogen and oxygen atoms in total. The van der Waals surface area contributed by atoms with Crippen molar-refractivity contribution in [1.29, 1.82) is 0 Å². The Morgan fingerprint density at radius 2 is 2.04 bits per heavy atom. The summed E-state index contributed by atoms with van der Waals surface area (Å²) in [6.45, 7) is 6.62. The van der Waals surface area contributed by atoms with E-state index in [4.69, 9.17) is 14.0 Å². The first kappa shape index (κ1) is 17.3. The van der Waals surface area contributed by atoms with Gasteiger partial charge in [0.15, 0.2) is 11.5 Å². The van der Waals surface area contributed by atoms with Crippen LogP contribution >= 0.6 is 0 Å². The number of nitrogens with zero attached hydrogens (tertiary/aromatic N) is 2. The molecule has 2 aromatic heterocycles. The summed E-state index contributed by atoms with van der Waals surface area (Å²) in [6, 6.07) is 7.64. The van der Waals surface area contributed by atoms with Gasteiger partial charge in [0.1, 0.15) is 0 Å². The predicted octanol–water partition coefficient (Wildman–Crippen LogP) is 3.36. The number of amides is 1. The highest BCUT2D eigenvalue weighted by molar-refractivity contribution is 6.06. The van der Waals surface area contributed by atoms with E-state index in [1.807, 2.05) is 45.0 Å². The molecule has 4 rings (SSSR count). The van der Waals surface area contributed by atoms with E-state index in [2.05, 4.69) is 15.5 Å². The number of benzene rings is 1. The van der Waals surface area contributed by atoms with Crippen LogP contribution in [0.4, 0.5) is 0 Å². The fraction of sp³-hybridized carbons (Fsp3) is 0.350. The fourth-order valence-electron chi connectivity index (χ4n) is 3.10. The van der Waals surface area contributed by atoms with Crippen LogP contribution in [0.3, 0.4) is 0 Å². The van der Waals surface area contributed by atoms with E-state index in [-0.39, 0.29) is 18.6 Å². The van der Waals surface area contributed by atoms with Crippen molar-refractivity contribution in [3.05, 3.63) is 46.8 Å². The molecular formula is C20H21N3O4. The Kier molecular flexibility index (Phi) is 4.43. The quantitative estimate of drug-likeness (QED) is 0.744. The summed E-state index contributed by atoms with van der Waals surface area (Å²) >= 11 is 0. The number of carbonyl (C=O) groups is 1. The third-order valence-corrected chi connectivity index (χ3v) is 4.61. The van der Waals surface area contributed by atoms with Crippen molar-refractivity contribution in [2.24, 2.45) is 0 Å². The smallest absolute Gasteiger partial charge is 0.259 e. The van der Waals surface area contributed by atoms with Crippen LogP contribution in [0.1, 0.15) is 47.1 Å². The summed E-state index contributed by atoms with van der Waals surface area (Å²) in [5.41, 5.74) is 3.49. The molecule has 0 unspecified atom stereocenters. The molecule has 0 saturated carbocycles. The van der Waals surface area contributed by atoms with Crippen molar-refractivity contribution < 1.29 is 18.8 Å². The Morgan fingerprint density at radius 1 is 1.22 bits per heavy atom. The molecule has 0 radical (unpaired) electrons. The van der Waals surface area contributed by atoms with Gasteiger partial charge in [-0.3, -0.25) is 4.79 Å². The average molecular weight is 367 g/mol. The van der Waals surface area contributed by atoms with Gasteiger partial charge in [0.2, 0.25) is 6.79 Å². The Hall–Kier alpha value is -3.09. The van der Waals surface area contributed by atoms with Gasteiger partial charge in [0, 0.05) is 12.2 Å². The molecule has 7 heteroatoms. The van der Waals surface area contributed by atoms with E-state index in [9.17, 15) is 4.79 Å². The van der Waals surface area contributed by atoms with Crippen LogP contribution in [0, 0.1) is 6.92 Å². The van der Waals surface area contributed by atoms with Crippen molar-refractivity contribution in [2.45, 2.75) is 33.1 Å². The second kappa shape index (κ2) is 6.90. The van der Waals surface area contributed by atoms with Gasteiger partial charge in [-0.15, -0.1) is 0 Å². The van der Waals surface area contributed by atoms with E-state index in [0.29, 0.717) is 35.3 Å². The van der Waals surface area contributed by atoms with Gasteiger partial charge in [0.05, 0.1) is 16.6 Å². The summed E-state index contributed by atoms with van der Waals surface area (Å²) < 4.78 is 16.0. The molecule has 1 aliphatic rings. The van der Waals surface area contributed by atoms with Gasteiger partial charge in [0.25, 0.3) is 11.6 Å². The molecule has 0 saturated heterocycles. The summed E-state index contributed by atoms with van der Waals surface area (Å²) in [6.07, 6.45) is 0.691. The van der Waals surface area contributed by atoms with Gasteiger partial charge < -0.3 is 19.3 Å². The highest BCUT2D eigenvalue weighted by atomic mass is 16.7. The van der Waals surface area contributed by atoms with Crippen LogP contribution in [0.5, 0.6) is 11.5 Å². The first-order valence-corrected chi connectivity index (χ1v) is 8.96. The number of ether oxygens (including phenoxy) is 2. The summed E-state index contributed by atoms with van der Waals surface area (Å²) in [5, 5.41) is 7.61. The van der Waals surface area contributed by atoms with E-state index in [1.54, 1.807) is 0 Å². The maximum absolute atomic E-state index is 12.8. The molecule has 1 aliphatic heterocycles. The first-order chi connectivity index (χ1) is 13.0. The minimum absolute atomic E-state index is 0.156. The van der Waals surface area contributed by atoms with E-state index in [1.165, 1.54) is 0 Å². The number of rotatable bonds is 5. The van der Waals surface area contributed by atoms with E-state index >= 15 is 0 Å². The molecular weight excluding hydrogens is 346 g/mol. The van der Waals surface area contributed by atoms with Crippen LogP contribution < -0.4 is 14.8 Å². The number of aryl methyl sites for hydroxylation is 1. The van der Waals surface area contributed by atoms with Crippen LogP contribution in [0.15, 0.2) is 28.8 Å². The fourth-order valence-corrected chi connectivity index (χ4v) is 3.10. The van der Waals surface area contributed by atoms with Crippen molar-refractivity contribution in [3.63, 3.8) is 0 Å². The van der Waals surface area contributed by atoms with Crippen LogP contribution in [-0.4, -0.2) is 29.4 Å². The van der Waals surface area contributed by atoms with Crippen molar-refractivity contribution in [1.82, 2.24) is 15.5 Å². The van der Waals surface area contributed by atoms with Gasteiger partial charge in [-0.2, -0.15) is 0 Å². The molecule has 0 spiro atoms. The normalized spacial score (nSPS) is 12.7. The van der Waals surface area contributed by atoms with Gasteiger partial charge in [-0.05, 0) is 43.0 Å². The standard InChI is InChI=1S/C20H21N3O4/c1-11(2)15-9-14(18-12(3)23-27-20(18)22-15)19(24)21-7-6-13-4-5-16-17(8-13)26-10-25-16/h4-5,8-9,11H,6-7,10H2,1-3H3,(H,21,24). The largest absolute Gasteiger partial charge is 0.454 e. The second-order valence-corrected chi connectivity index (χ2v) is 6.89. The molecule has 3 aromatic rings. The lowest BCUT2D eigenvalue weighted by Gasteiger charge is -2.10. The molecule has 0 aliphatic carbocycles. The third-order valence-electron chi connectivity index (χ3n) is 4.61. The van der Waals surface area contributed by atoms with Crippen LogP contribution in [0.2, 0.25) is 0 Å². The van der Waals surface area contributed by atoms with Crippen molar-refractivity contribution >= 4 is 17.0 Å². The van der Waals surface area contributed by atoms with Crippen LogP contribution in [-0.2, 0) is 6.42 Å². The maximum atomic E-state index is 12.8. The predicted molar refractivity (Wildman–Crippen MR) is 99.2 cm³/mol. The number of fused-ring (bicyclic) bond motifs is 2. The maximum Gasteiger partial charge on any atom is 0.259 e. The zero-order chi connectivity index (χ0) is 19.0. The SMILES string of the molecule is Cc1noc2nc(C(C)C)cc(C(=O)NCCc3ccc4c(c3)OCO4)c12. The first-order valence-electron chi connectivity index (χ1n) is 8.96. The summed E-state index contributed by atoms with van der Waals surface area (Å²) in [5.74, 6) is 1.53. The summed E-state index contributed by atoms with van der Waals surface area (Å²) in [7, 11) is 0. The number of carbonyl (C=O) groups excluding carboxylic acids is 1.